The maximum Gasteiger partial charge on any atom is 0.337 e. The summed E-state index contributed by atoms with van der Waals surface area (Å²) in [5.41, 5.74) is -0.740. The fourth-order valence-electron chi connectivity index (χ4n) is 15.1. The van der Waals surface area contributed by atoms with Crippen molar-refractivity contribution in [3.63, 3.8) is 0 Å². The molecule has 3 aliphatic heterocycles. The topological polar surface area (TPSA) is 281 Å². The van der Waals surface area contributed by atoms with Crippen LogP contribution in [0.15, 0.2) is 11.6 Å². The highest BCUT2D eigenvalue weighted by Gasteiger charge is 2.70. The number of ether oxygens (including phenoxy) is 7. The number of hydrogen-bond donors (Lipinski definition) is 9. The van der Waals surface area contributed by atoms with Crippen LogP contribution in [0.1, 0.15) is 106 Å². The Balaban J connectivity index is 1.06. The number of allylic oxidation sites excluding steroid dienone is 2. The zero-order chi connectivity index (χ0) is 48.2. The minimum Gasteiger partial charge on any atom is -0.467 e. The Hall–Kier alpha value is -1.88. The van der Waals surface area contributed by atoms with E-state index >= 15 is 0 Å². The van der Waals surface area contributed by atoms with E-state index in [1.807, 2.05) is 0 Å². The summed E-state index contributed by atoms with van der Waals surface area (Å²) in [5, 5.41) is 95.2. The molecule has 0 spiro atoms. The Labute approximate surface area is 386 Å². The quantitative estimate of drug-likeness (QED) is 0.0925. The second-order valence-corrected chi connectivity index (χ2v) is 22.7. The first-order valence-corrected chi connectivity index (χ1v) is 24.2. The third kappa shape index (κ3) is 7.65. The Bertz CT molecular complexity index is 1830. The number of carbonyl (C=O) groups is 2. The SMILES string of the molecule is COC(=O)C1OC(OC2CCC3(C)C(CCC4(C)C3CC=C3C5C(C)C(C)CCC5(C(=O)OC5OC(CO)C(O)C(O)C5O)CCC34C)C2(C)C)C(OC2OCC(O)C(O)C2O)C(O)C1O. The van der Waals surface area contributed by atoms with Crippen LogP contribution in [0.25, 0.3) is 0 Å². The van der Waals surface area contributed by atoms with Crippen molar-refractivity contribution >= 4 is 11.9 Å². The maximum absolute atomic E-state index is 14.7. The molecular weight excluding hydrogens is 865 g/mol. The van der Waals surface area contributed by atoms with Crippen LogP contribution in [0.4, 0.5) is 0 Å². The lowest BCUT2D eigenvalue weighted by Gasteiger charge is -2.71. The smallest absolute Gasteiger partial charge is 0.337 e. The summed E-state index contributed by atoms with van der Waals surface area (Å²) in [5.74, 6) is -0.728. The lowest BCUT2D eigenvalue weighted by Crippen LogP contribution is -2.67. The average Bonchev–Trinajstić information content (AvgIpc) is 3.28. The Kier molecular flexibility index (Phi) is 13.8. The van der Waals surface area contributed by atoms with E-state index in [4.69, 9.17) is 33.2 Å². The highest BCUT2D eigenvalue weighted by molar-refractivity contribution is 5.79. The van der Waals surface area contributed by atoms with E-state index in [1.54, 1.807) is 0 Å². The maximum atomic E-state index is 14.7. The highest BCUT2D eigenvalue weighted by atomic mass is 16.8. The molecule has 24 unspecified atom stereocenters. The minimum absolute atomic E-state index is 0.128. The van der Waals surface area contributed by atoms with Crippen molar-refractivity contribution in [1.82, 2.24) is 0 Å². The van der Waals surface area contributed by atoms with Gasteiger partial charge in [0, 0.05) is 0 Å². The van der Waals surface area contributed by atoms with Crippen molar-refractivity contribution in [2.45, 2.75) is 198 Å². The van der Waals surface area contributed by atoms with Gasteiger partial charge in [0.05, 0.1) is 31.8 Å². The molecule has 0 aromatic heterocycles. The number of fused-ring (bicyclic) bond motifs is 7. The van der Waals surface area contributed by atoms with Crippen molar-refractivity contribution in [1.29, 1.82) is 0 Å². The van der Waals surface area contributed by atoms with Crippen molar-refractivity contribution in [2.24, 2.45) is 56.7 Å². The fourth-order valence-corrected chi connectivity index (χ4v) is 15.1. The summed E-state index contributed by atoms with van der Waals surface area (Å²) in [6, 6.07) is 0. The summed E-state index contributed by atoms with van der Waals surface area (Å²) in [7, 11) is 1.13. The Morgan fingerprint density at radius 3 is 2.11 bits per heavy atom. The predicted molar refractivity (Wildman–Crippen MR) is 229 cm³/mol. The number of rotatable bonds is 8. The molecule has 7 fully saturated rings. The fraction of sp³-hybridized carbons (Fsp3) is 0.917. The molecule has 0 radical (unpaired) electrons. The second-order valence-electron chi connectivity index (χ2n) is 22.7. The van der Waals surface area contributed by atoms with Crippen LogP contribution < -0.4 is 0 Å². The molecule has 66 heavy (non-hydrogen) atoms. The van der Waals surface area contributed by atoms with Gasteiger partial charge in [-0.2, -0.15) is 0 Å². The lowest BCUT2D eigenvalue weighted by molar-refractivity contribution is -0.366. The number of hydrogen-bond acceptors (Lipinski definition) is 18. The predicted octanol–water partition coefficient (Wildman–Crippen LogP) is 0.816. The van der Waals surface area contributed by atoms with E-state index in [0.29, 0.717) is 25.2 Å². The van der Waals surface area contributed by atoms with Gasteiger partial charge in [0.15, 0.2) is 18.7 Å². The summed E-state index contributed by atoms with van der Waals surface area (Å²) in [6.45, 7) is 15.0. The van der Waals surface area contributed by atoms with Crippen molar-refractivity contribution in [3.05, 3.63) is 11.6 Å². The molecule has 9 N–H and O–H groups in total. The first-order chi connectivity index (χ1) is 30.9. The molecule has 24 atom stereocenters. The van der Waals surface area contributed by atoms with Gasteiger partial charge in [-0.05, 0) is 109 Å². The van der Waals surface area contributed by atoms with Gasteiger partial charge in [0.1, 0.15) is 61.0 Å². The third-order valence-electron chi connectivity index (χ3n) is 19.4. The Morgan fingerprint density at radius 1 is 0.727 bits per heavy atom. The molecule has 5 aliphatic carbocycles. The monoisotopic (exact) mass is 941 g/mol. The van der Waals surface area contributed by atoms with Gasteiger partial charge < -0.3 is 79.1 Å². The Morgan fingerprint density at radius 2 is 1.42 bits per heavy atom. The molecule has 0 amide bonds. The molecule has 8 rings (SSSR count). The first kappa shape index (κ1) is 50.5. The van der Waals surface area contributed by atoms with Crippen molar-refractivity contribution < 1.29 is 88.7 Å². The van der Waals surface area contributed by atoms with Crippen LogP contribution in [0.3, 0.4) is 0 Å². The molecule has 376 valence electrons. The zero-order valence-electron chi connectivity index (χ0n) is 39.6. The molecular formula is C48H76O18. The highest BCUT2D eigenvalue weighted by Crippen LogP contribution is 2.76. The van der Waals surface area contributed by atoms with Gasteiger partial charge in [-0.15, -0.1) is 0 Å². The standard InChI is InChI=1S/C48H76O18/c1-21-11-16-48(43(59)66-41-36(57)32(53)31(52)25(19-49)62-41)18-17-46(6)23(29(48)22(21)2)9-10-27-45(5)14-13-28(44(3,4)26(45)12-15-47(27,46)7)63-42-38(34(55)33(54)37(64-42)39(58)60-8)65-40-35(56)30(51)24(50)20-61-40/h9,21-22,24-38,40-42,49-57H,10-20H2,1-8H3. The van der Waals surface area contributed by atoms with Gasteiger partial charge in [0.25, 0.3) is 0 Å². The summed E-state index contributed by atoms with van der Waals surface area (Å²) in [4.78, 5) is 27.6. The van der Waals surface area contributed by atoms with Crippen LogP contribution in [0.5, 0.6) is 0 Å². The van der Waals surface area contributed by atoms with Gasteiger partial charge in [-0.1, -0.05) is 60.1 Å². The van der Waals surface area contributed by atoms with E-state index in [1.165, 1.54) is 5.57 Å². The minimum atomic E-state index is -1.79. The molecule has 18 heteroatoms. The lowest BCUT2D eigenvalue weighted by atomic mass is 9.33. The average molecular weight is 941 g/mol. The number of aliphatic hydroxyl groups is 9. The van der Waals surface area contributed by atoms with Crippen LogP contribution in [-0.2, 0) is 42.7 Å². The van der Waals surface area contributed by atoms with Crippen LogP contribution in [0.2, 0.25) is 0 Å². The normalized spacial score (nSPS) is 53.5. The van der Waals surface area contributed by atoms with Crippen LogP contribution in [0, 0.1) is 56.7 Å². The molecule has 3 saturated heterocycles. The van der Waals surface area contributed by atoms with E-state index < -0.39 is 121 Å². The zero-order valence-corrected chi connectivity index (χ0v) is 39.6. The van der Waals surface area contributed by atoms with E-state index in [-0.39, 0.29) is 46.5 Å². The molecule has 18 nitrogen and oxygen atoms in total. The van der Waals surface area contributed by atoms with Crippen molar-refractivity contribution in [2.75, 3.05) is 20.3 Å². The first-order valence-electron chi connectivity index (χ1n) is 24.2. The largest absolute Gasteiger partial charge is 0.467 e. The molecule has 0 aromatic carbocycles. The number of carbonyl (C=O) groups excluding carboxylic acids is 2. The van der Waals surface area contributed by atoms with Gasteiger partial charge in [-0.25, -0.2) is 4.79 Å². The molecule has 8 aliphatic rings. The van der Waals surface area contributed by atoms with E-state index in [0.717, 1.165) is 45.6 Å². The number of methoxy groups -OCH3 is 1. The van der Waals surface area contributed by atoms with Gasteiger partial charge in [-0.3, -0.25) is 4.79 Å². The molecule has 0 aromatic rings. The van der Waals surface area contributed by atoms with Crippen molar-refractivity contribution in [3.8, 4) is 0 Å². The van der Waals surface area contributed by atoms with Gasteiger partial charge in [0.2, 0.25) is 6.29 Å². The second kappa shape index (κ2) is 18.1. The molecule has 0 bridgehead atoms. The number of aliphatic hydroxyl groups excluding tert-OH is 9. The third-order valence-corrected chi connectivity index (χ3v) is 19.4. The summed E-state index contributed by atoms with van der Waals surface area (Å²) >= 11 is 0. The van der Waals surface area contributed by atoms with Crippen LogP contribution in [-0.4, -0.2) is 170 Å². The molecule has 3 heterocycles. The number of esters is 2. The van der Waals surface area contributed by atoms with Gasteiger partial charge >= 0.3 is 11.9 Å². The summed E-state index contributed by atoms with van der Waals surface area (Å²) in [6.07, 6.45) is -13.5. The van der Waals surface area contributed by atoms with E-state index in [2.05, 4.69) is 54.5 Å². The van der Waals surface area contributed by atoms with E-state index in [9.17, 15) is 55.5 Å². The molecule has 4 saturated carbocycles. The summed E-state index contributed by atoms with van der Waals surface area (Å²) < 4.78 is 40.9. The van der Waals surface area contributed by atoms with Crippen LogP contribution >= 0.6 is 0 Å².